The minimum Gasteiger partial charge on any atom is -0.543 e. The Balaban J connectivity index is 2.93. The van der Waals surface area contributed by atoms with Gasteiger partial charge in [-0.3, -0.25) is 0 Å². The highest BCUT2D eigenvalue weighted by Crippen LogP contribution is 1.89. The second kappa shape index (κ2) is 1.69. The largest absolute Gasteiger partial charge is 0.543 e. The van der Waals surface area contributed by atoms with E-state index in [2.05, 4.69) is 4.98 Å². The Kier molecular flexibility index (Phi) is 1.04. The lowest BCUT2D eigenvalue weighted by Crippen LogP contribution is -2.22. The van der Waals surface area contributed by atoms with Gasteiger partial charge < -0.3 is 14.9 Å². The standard InChI is InChI=1S/C5H5NO2/c7-5(8)4-2-1-3-6-4/h1-3,6H,(H,7,8)/p-1. The van der Waals surface area contributed by atoms with E-state index >= 15 is 0 Å². The van der Waals surface area contributed by atoms with E-state index < -0.39 is 5.97 Å². The molecule has 0 radical (unpaired) electrons. The Morgan fingerprint density at radius 1 is 1.75 bits per heavy atom. The minimum atomic E-state index is -1.17. The number of carboxylic acids is 1. The molecule has 1 aromatic heterocycles. The summed E-state index contributed by atoms with van der Waals surface area (Å²) in [5.74, 6) is -1.17. The lowest BCUT2D eigenvalue weighted by molar-refractivity contribution is -0.255. The molecule has 1 N–H and O–H groups in total. The van der Waals surface area contributed by atoms with Crippen LogP contribution in [0.3, 0.4) is 0 Å². The Labute approximate surface area is 46.0 Å². The van der Waals surface area contributed by atoms with Crippen LogP contribution in [-0.4, -0.2) is 11.0 Å². The fraction of sp³-hybridized carbons (Fsp3) is 0. The summed E-state index contributed by atoms with van der Waals surface area (Å²) in [5, 5.41) is 9.92. The molecule has 3 heteroatoms. The van der Waals surface area contributed by atoms with E-state index in [0.29, 0.717) is 0 Å². The molecule has 0 saturated carbocycles. The number of nitrogens with one attached hydrogen (secondary N) is 1. The van der Waals surface area contributed by atoms with Crippen molar-refractivity contribution in [2.24, 2.45) is 0 Å². The summed E-state index contributed by atoms with van der Waals surface area (Å²) in [6.45, 7) is 0. The van der Waals surface area contributed by atoms with Gasteiger partial charge in [0.25, 0.3) is 0 Å². The highest BCUT2D eigenvalue weighted by Gasteiger charge is 1.87. The van der Waals surface area contributed by atoms with Gasteiger partial charge in [0.2, 0.25) is 0 Å². The summed E-state index contributed by atoms with van der Waals surface area (Å²) in [6, 6.07) is 3.04. The van der Waals surface area contributed by atoms with Crippen LogP contribution in [0.15, 0.2) is 18.3 Å². The first-order chi connectivity index (χ1) is 3.80. The van der Waals surface area contributed by atoms with E-state index in [0.717, 1.165) is 0 Å². The maximum atomic E-state index is 9.92. The fourth-order valence-electron chi connectivity index (χ4n) is 0.457. The maximum Gasteiger partial charge on any atom is 0.0878 e. The molecule has 1 rings (SSSR count). The Bertz CT molecular complexity index is 178. The van der Waals surface area contributed by atoms with Gasteiger partial charge in [0.1, 0.15) is 0 Å². The summed E-state index contributed by atoms with van der Waals surface area (Å²) in [7, 11) is 0. The first-order valence-corrected chi connectivity index (χ1v) is 2.15. The molecule has 1 aromatic rings. The first kappa shape index (κ1) is 4.90. The van der Waals surface area contributed by atoms with E-state index in [9.17, 15) is 9.90 Å². The number of aromatic nitrogens is 1. The fourth-order valence-corrected chi connectivity index (χ4v) is 0.457. The average Bonchev–Trinajstić information content (AvgIpc) is 2.12. The Morgan fingerprint density at radius 3 is 2.75 bits per heavy atom. The molecular formula is C5H4NO2-. The third kappa shape index (κ3) is 0.703. The maximum absolute atomic E-state index is 9.92. The molecule has 1 heterocycles. The van der Waals surface area contributed by atoms with E-state index in [1.165, 1.54) is 12.3 Å². The molecule has 0 saturated heterocycles. The van der Waals surface area contributed by atoms with Crippen molar-refractivity contribution in [2.75, 3.05) is 0 Å². The number of hydrogen-bond acceptors (Lipinski definition) is 2. The zero-order valence-electron chi connectivity index (χ0n) is 4.05. The minimum absolute atomic E-state index is 0.116. The molecule has 0 bridgehead atoms. The number of hydrogen-bond donors (Lipinski definition) is 1. The van der Waals surface area contributed by atoms with E-state index in [1.807, 2.05) is 0 Å². The number of H-pyrrole nitrogens is 1. The van der Waals surface area contributed by atoms with Gasteiger partial charge in [0.15, 0.2) is 0 Å². The van der Waals surface area contributed by atoms with Crippen LogP contribution in [0.25, 0.3) is 0 Å². The summed E-state index contributed by atoms with van der Waals surface area (Å²) >= 11 is 0. The molecule has 8 heavy (non-hydrogen) atoms. The lowest BCUT2D eigenvalue weighted by atomic mass is 10.4. The van der Waals surface area contributed by atoms with Crippen molar-refractivity contribution in [3.05, 3.63) is 24.0 Å². The van der Waals surface area contributed by atoms with Gasteiger partial charge in [-0.15, -0.1) is 0 Å². The summed E-state index contributed by atoms with van der Waals surface area (Å²) in [6.07, 6.45) is 1.53. The molecule has 42 valence electrons. The van der Waals surface area contributed by atoms with Gasteiger partial charge in [-0.25, -0.2) is 0 Å². The monoisotopic (exact) mass is 110 g/mol. The Morgan fingerprint density at radius 2 is 2.50 bits per heavy atom. The van der Waals surface area contributed by atoms with Gasteiger partial charge >= 0.3 is 0 Å². The zero-order valence-corrected chi connectivity index (χ0v) is 4.05. The molecule has 0 unspecified atom stereocenters. The topological polar surface area (TPSA) is 55.9 Å². The second-order valence-electron chi connectivity index (χ2n) is 1.37. The second-order valence-corrected chi connectivity index (χ2v) is 1.37. The summed E-state index contributed by atoms with van der Waals surface area (Å²) < 4.78 is 0. The van der Waals surface area contributed by atoms with Crippen LogP contribution >= 0.6 is 0 Å². The molecule has 3 nitrogen and oxygen atoms in total. The van der Waals surface area contributed by atoms with E-state index in [4.69, 9.17) is 0 Å². The van der Waals surface area contributed by atoms with Crippen LogP contribution in [0.2, 0.25) is 0 Å². The van der Waals surface area contributed by atoms with Crippen LogP contribution in [0.5, 0.6) is 0 Å². The molecule has 0 fully saturated rings. The lowest BCUT2D eigenvalue weighted by Gasteiger charge is -1.93. The zero-order chi connectivity index (χ0) is 5.98. The smallest absolute Gasteiger partial charge is 0.0878 e. The Hall–Kier alpha value is -1.25. The molecule has 0 atom stereocenters. The predicted octanol–water partition coefficient (Wildman–Crippen LogP) is -0.622. The average molecular weight is 110 g/mol. The highest BCUT2D eigenvalue weighted by atomic mass is 16.4. The van der Waals surface area contributed by atoms with Crippen molar-refractivity contribution < 1.29 is 9.90 Å². The van der Waals surface area contributed by atoms with Gasteiger partial charge in [-0.2, -0.15) is 0 Å². The van der Waals surface area contributed by atoms with E-state index in [1.54, 1.807) is 6.07 Å². The van der Waals surface area contributed by atoms with E-state index in [-0.39, 0.29) is 5.69 Å². The van der Waals surface area contributed by atoms with Gasteiger partial charge in [0, 0.05) is 6.20 Å². The first-order valence-electron chi connectivity index (χ1n) is 2.15. The predicted molar refractivity (Wildman–Crippen MR) is 25.1 cm³/mol. The van der Waals surface area contributed by atoms with Crippen molar-refractivity contribution >= 4 is 5.97 Å². The molecule has 0 amide bonds. The number of carbonyl (C=O) groups excluding carboxylic acids is 1. The summed E-state index contributed by atoms with van der Waals surface area (Å²) in [5.41, 5.74) is 0.116. The van der Waals surface area contributed by atoms with Crippen LogP contribution in [-0.2, 0) is 0 Å². The molecule has 0 spiro atoms. The third-order valence-corrected chi connectivity index (χ3v) is 0.818. The quantitative estimate of drug-likeness (QED) is 0.523. The van der Waals surface area contributed by atoms with Crippen LogP contribution in [0.1, 0.15) is 10.5 Å². The van der Waals surface area contributed by atoms with Crippen molar-refractivity contribution in [2.45, 2.75) is 0 Å². The summed E-state index contributed by atoms with van der Waals surface area (Å²) in [4.78, 5) is 12.4. The van der Waals surface area contributed by atoms with Crippen LogP contribution in [0, 0.1) is 0 Å². The molecule has 0 aliphatic carbocycles. The van der Waals surface area contributed by atoms with Crippen molar-refractivity contribution in [3.63, 3.8) is 0 Å². The normalized spacial score (nSPS) is 9.00. The third-order valence-electron chi connectivity index (χ3n) is 0.818. The number of aromatic amines is 1. The van der Waals surface area contributed by atoms with Crippen molar-refractivity contribution in [1.29, 1.82) is 0 Å². The SMILES string of the molecule is O=C([O-])c1ccc[nH]1. The van der Waals surface area contributed by atoms with Crippen LogP contribution < -0.4 is 5.11 Å². The number of aromatic carboxylic acids is 1. The van der Waals surface area contributed by atoms with Gasteiger partial charge in [0.05, 0.1) is 11.7 Å². The van der Waals surface area contributed by atoms with Crippen molar-refractivity contribution in [1.82, 2.24) is 4.98 Å². The molecular weight excluding hydrogens is 106 g/mol. The molecule has 0 aliphatic rings. The molecule has 0 aromatic carbocycles. The number of carbonyl (C=O) groups is 1. The highest BCUT2D eigenvalue weighted by molar-refractivity contribution is 5.83. The van der Waals surface area contributed by atoms with Gasteiger partial charge in [-0.1, -0.05) is 0 Å². The van der Waals surface area contributed by atoms with Gasteiger partial charge in [-0.05, 0) is 12.1 Å². The molecule has 0 aliphatic heterocycles. The van der Waals surface area contributed by atoms with Crippen molar-refractivity contribution in [3.8, 4) is 0 Å². The van der Waals surface area contributed by atoms with Crippen LogP contribution in [0.4, 0.5) is 0 Å². The number of rotatable bonds is 1. The number of carboxylic acid groups (broad SMARTS) is 1.